The molecule has 18 heavy (non-hydrogen) atoms. The van der Waals surface area contributed by atoms with Crippen LogP contribution in [0.5, 0.6) is 0 Å². The molecular formula is C11H7Cl2F3O2. The molecule has 0 amide bonds. The molecule has 0 bridgehead atoms. The number of benzene rings is 1. The van der Waals surface area contributed by atoms with Crippen LogP contribution in [0.15, 0.2) is 29.8 Å². The van der Waals surface area contributed by atoms with Crippen LogP contribution in [0.2, 0.25) is 10.0 Å². The van der Waals surface area contributed by atoms with Gasteiger partial charge in [-0.1, -0.05) is 29.3 Å². The van der Waals surface area contributed by atoms with Crippen molar-refractivity contribution >= 4 is 29.2 Å². The third-order valence-corrected chi connectivity index (χ3v) is 2.78. The largest absolute Gasteiger partial charge is 0.478 e. The van der Waals surface area contributed by atoms with E-state index in [1.54, 1.807) is 0 Å². The zero-order chi connectivity index (χ0) is 13.9. The van der Waals surface area contributed by atoms with Crippen LogP contribution in [-0.2, 0) is 11.2 Å². The highest BCUT2D eigenvalue weighted by Crippen LogP contribution is 2.30. The Kier molecular flexibility index (Phi) is 4.65. The van der Waals surface area contributed by atoms with Crippen molar-refractivity contribution in [1.29, 1.82) is 0 Å². The number of carboxylic acids is 1. The SMILES string of the molecule is O=C(O)/C=C(\Cc1ccc(Cl)c(Cl)c1)C(F)(F)F. The van der Waals surface area contributed by atoms with E-state index < -0.39 is 24.1 Å². The molecule has 0 aliphatic rings. The van der Waals surface area contributed by atoms with E-state index in [1.807, 2.05) is 0 Å². The third kappa shape index (κ3) is 4.23. The van der Waals surface area contributed by atoms with Crippen molar-refractivity contribution in [2.24, 2.45) is 0 Å². The summed E-state index contributed by atoms with van der Waals surface area (Å²) in [6.45, 7) is 0. The van der Waals surface area contributed by atoms with Crippen LogP contribution in [0.25, 0.3) is 0 Å². The number of carbonyl (C=O) groups is 1. The second kappa shape index (κ2) is 5.63. The number of allylic oxidation sites excluding steroid dienone is 1. The van der Waals surface area contributed by atoms with Crippen molar-refractivity contribution in [2.75, 3.05) is 0 Å². The maximum Gasteiger partial charge on any atom is 0.413 e. The summed E-state index contributed by atoms with van der Waals surface area (Å²) in [7, 11) is 0. The van der Waals surface area contributed by atoms with Crippen molar-refractivity contribution < 1.29 is 23.1 Å². The van der Waals surface area contributed by atoms with Gasteiger partial charge in [0.2, 0.25) is 0 Å². The Bertz CT molecular complexity index is 496. The van der Waals surface area contributed by atoms with Crippen LogP contribution in [-0.4, -0.2) is 17.3 Å². The lowest BCUT2D eigenvalue weighted by molar-refractivity contribution is -0.132. The van der Waals surface area contributed by atoms with Crippen molar-refractivity contribution in [3.63, 3.8) is 0 Å². The highest BCUT2D eigenvalue weighted by atomic mass is 35.5. The Hall–Kier alpha value is -1.20. The van der Waals surface area contributed by atoms with Crippen molar-refractivity contribution in [1.82, 2.24) is 0 Å². The standard InChI is InChI=1S/C11H7Cl2F3O2/c12-8-2-1-6(4-9(8)13)3-7(5-10(17)18)11(14,15)16/h1-2,4-5H,3H2,(H,17,18)/b7-5+. The summed E-state index contributed by atoms with van der Waals surface area (Å²) in [5.41, 5.74) is -0.928. The van der Waals surface area contributed by atoms with Crippen molar-refractivity contribution in [3.8, 4) is 0 Å². The summed E-state index contributed by atoms with van der Waals surface area (Å²) >= 11 is 11.3. The second-order valence-corrected chi connectivity index (χ2v) is 4.25. The molecule has 1 aromatic rings. The summed E-state index contributed by atoms with van der Waals surface area (Å²) < 4.78 is 37.7. The number of hydrogen-bond acceptors (Lipinski definition) is 1. The van der Waals surface area contributed by atoms with Gasteiger partial charge in [-0.25, -0.2) is 4.79 Å². The molecule has 0 heterocycles. The predicted octanol–water partition coefficient (Wildman–Crippen LogP) is 4.11. The highest BCUT2D eigenvalue weighted by molar-refractivity contribution is 6.42. The maximum atomic E-state index is 12.6. The molecule has 98 valence electrons. The first-order valence-electron chi connectivity index (χ1n) is 4.65. The average Bonchev–Trinajstić information content (AvgIpc) is 2.20. The van der Waals surface area contributed by atoms with E-state index in [9.17, 15) is 18.0 Å². The maximum absolute atomic E-state index is 12.6. The Balaban J connectivity index is 3.04. The molecule has 0 radical (unpaired) electrons. The van der Waals surface area contributed by atoms with Gasteiger partial charge in [0.05, 0.1) is 10.0 Å². The average molecular weight is 299 g/mol. The van der Waals surface area contributed by atoms with Crippen LogP contribution < -0.4 is 0 Å². The lowest BCUT2D eigenvalue weighted by Crippen LogP contribution is -2.15. The van der Waals surface area contributed by atoms with Gasteiger partial charge in [0.15, 0.2) is 0 Å². The highest BCUT2D eigenvalue weighted by Gasteiger charge is 2.34. The normalized spacial score (nSPS) is 12.6. The number of hydrogen-bond donors (Lipinski definition) is 1. The molecule has 0 atom stereocenters. The van der Waals surface area contributed by atoms with Gasteiger partial charge in [-0.3, -0.25) is 0 Å². The Labute approximate surface area is 111 Å². The minimum absolute atomic E-state index is 0.117. The second-order valence-electron chi connectivity index (χ2n) is 3.43. The minimum atomic E-state index is -4.70. The van der Waals surface area contributed by atoms with Gasteiger partial charge in [-0.15, -0.1) is 0 Å². The first kappa shape index (κ1) is 14.9. The molecule has 0 spiro atoms. The molecule has 1 aromatic carbocycles. The molecule has 1 N–H and O–H groups in total. The van der Waals surface area contributed by atoms with Crippen LogP contribution in [0, 0.1) is 0 Å². The Morgan fingerprint density at radius 2 is 1.89 bits per heavy atom. The van der Waals surface area contributed by atoms with E-state index >= 15 is 0 Å². The molecule has 7 heteroatoms. The van der Waals surface area contributed by atoms with Crippen LogP contribution >= 0.6 is 23.2 Å². The number of halogens is 5. The zero-order valence-electron chi connectivity index (χ0n) is 8.76. The van der Waals surface area contributed by atoms with Crippen molar-refractivity contribution in [3.05, 3.63) is 45.5 Å². The van der Waals surface area contributed by atoms with Gasteiger partial charge < -0.3 is 5.11 Å². The fourth-order valence-electron chi connectivity index (χ4n) is 1.25. The number of rotatable bonds is 3. The number of alkyl halides is 3. The molecule has 0 saturated heterocycles. The molecule has 0 unspecified atom stereocenters. The summed E-state index contributed by atoms with van der Waals surface area (Å²) in [5.74, 6) is -1.65. The van der Waals surface area contributed by atoms with Gasteiger partial charge in [-0.05, 0) is 17.7 Å². The Morgan fingerprint density at radius 3 is 2.33 bits per heavy atom. The molecular weight excluding hydrogens is 292 g/mol. The smallest absolute Gasteiger partial charge is 0.413 e. The van der Waals surface area contributed by atoms with Crippen molar-refractivity contribution in [2.45, 2.75) is 12.6 Å². The molecule has 0 saturated carbocycles. The third-order valence-electron chi connectivity index (χ3n) is 2.04. The van der Waals surface area contributed by atoms with Crippen LogP contribution in [0.1, 0.15) is 5.56 Å². The summed E-state index contributed by atoms with van der Waals surface area (Å²) in [6.07, 6.45) is -5.14. The van der Waals surface area contributed by atoms with E-state index in [0.29, 0.717) is 0 Å². The van der Waals surface area contributed by atoms with Crippen LogP contribution in [0.4, 0.5) is 13.2 Å². The molecule has 0 aromatic heterocycles. The lowest BCUT2D eigenvalue weighted by Gasteiger charge is -2.11. The van der Waals surface area contributed by atoms with Crippen LogP contribution in [0.3, 0.4) is 0 Å². The van der Waals surface area contributed by atoms with E-state index in [4.69, 9.17) is 28.3 Å². The minimum Gasteiger partial charge on any atom is -0.478 e. The zero-order valence-corrected chi connectivity index (χ0v) is 10.3. The molecule has 0 aliphatic carbocycles. The molecule has 1 rings (SSSR count). The van der Waals surface area contributed by atoms with Gasteiger partial charge >= 0.3 is 12.1 Å². The molecule has 0 fully saturated rings. The summed E-state index contributed by atoms with van der Waals surface area (Å²) in [4.78, 5) is 10.3. The summed E-state index contributed by atoms with van der Waals surface area (Å²) in [6, 6.07) is 3.98. The van der Waals surface area contributed by atoms with Gasteiger partial charge in [-0.2, -0.15) is 13.2 Å². The fourth-order valence-corrected chi connectivity index (χ4v) is 1.57. The predicted molar refractivity (Wildman–Crippen MR) is 61.9 cm³/mol. The summed E-state index contributed by atoms with van der Waals surface area (Å²) in [5, 5.41) is 8.74. The van der Waals surface area contributed by atoms with E-state index in [-0.39, 0.29) is 21.7 Å². The molecule has 2 nitrogen and oxygen atoms in total. The van der Waals surface area contributed by atoms with Gasteiger partial charge in [0.1, 0.15) is 0 Å². The first-order chi connectivity index (χ1) is 8.20. The number of carboxylic acid groups (broad SMARTS) is 1. The van der Waals surface area contributed by atoms with E-state index in [0.717, 1.165) is 0 Å². The van der Waals surface area contributed by atoms with E-state index in [2.05, 4.69) is 0 Å². The monoisotopic (exact) mass is 298 g/mol. The Morgan fingerprint density at radius 1 is 1.28 bits per heavy atom. The van der Waals surface area contributed by atoms with E-state index in [1.165, 1.54) is 18.2 Å². The number of aliphatic carboxylic acids is 1. The van der Waals surface area contributed by atoms with Gasteiger partial charge in [0, 0.05) is 18.1 Å². The van der Waals surface area contributed by atoms with Gasteiger partial charge in [0.25, 0.3) is 0 Å². The quantitative estimate of drug-likeness (QED) is 0.853. The lowest BCUT2D eigenvalue weighted by atomic mass is 10.0. The first-order valence-corrected chi connectivity index (χ1v) is 5.40. The topological polar surface area (TPSA) is 37.3 Å². The molecule has 0 aliphatic heterocycles. The fraction of sp³-hybridized carbons (Fsp3) is 0.182.